The lowest BCUT2D eigenvalue weighted by Gasteiger charge is -2.08. The number of hydrogen-bond acceptors (Lipinski definition) is 6. The number of aromatic nitrogens is 4. The zero-order chi connectivity index (χ0) is 29.5. The highest BCUT2D eigenvalue weighted by molar-refractivity contribution is 5.94. The van der Waals surface area contributed by atoms with Crippen molar-refractivity contribution >= 4 is 16.8 Å². The van der Waals surface area contributed by atoms with Crippen LogP contribution in [0.1, 0.15) is 16.7 Å². The molecule has 44 heavy (non-hydrogen) atoms. The Labute approximate surface area is 254 Å². The minimum atomic E-state index is 0.487. The summed E-state index contributed by atoms with van der Waals surface area (Å²) in [5.41, 5.74) is 9.26. The summed E-state index contributed by atoms with van der Waals surface area (Å²) in [5.74, 6) is 2.03. The van der Waals surface area contributed by atoms with Gasteiger partial charge in [-0.25, -0.2) is 0 Å². The third-order valence-electron chi connectivity index (χ3n) is 8.08. The molecule has 0 bridgehead atoms. The minimum Gasteiger partial charge on any atom is -0.416 e. The normalized spacial score (nSPS) is 12.4. The molecular weight excluding hydrogens is 544 g/mol. The van der Waals surface area contributed by atoms with Gasteiger partial charge in [0.25, 0.3) is 0 Å². The van der Waals surface area contributed by atoms with E-state index in [-0.39, 0.29) is 0 Å². The third-order valence-corrected chi connectivity index (χ3v) is 8.08. The Hall–Kier alpha value is -5.88. The Bertz CT molecular complexity index is 2220. The monoisotopic (exact) mass is 570 g/mol. The highest BCUT2D eigenvalue weighted by Crippen LogP contribution is 2.34. The van der Waals surface area contributed by atoms with Gasteiger partial charge in [0, 0.05) is 22.3 Å². The predicted molar refractivity (Wildman–Crippen MR) is 173 cm³/mol. The van der Waals surface area contributed by atoms with Crippen molar-refractivity contribution in [2.75, 3.05) is 0 Å². The van der Waals surface area contributed by atoms with Crippen molar-refractivity contribution in [2.24, 2.45) is 0 Å². The van der Waals surface area contributed by atoms with E-state index in [1.165, 1.54) is 11.1 Å². The highest BCUT2D eigenvalue weighted by atomic mass is 16.4. The molecule has 0 fully saturated rings. The van der Waals surface area contributed by atoms with Crippen LogP contribution in [-0.2, 0) is 6.42 Å². The molecule has 5 aromatic carbocycles. The first-order chi connectivity index (χ1) is 21.7. The van der Waals surface area contributed by atoms with Crippen LogP contribution in [0, 0.1) is 6.92 Å². The number of aryl methyl sites for hydroxylation is 1. The molecule has 8 rings (SSSR count). The molecule has 2 heterocycles. The molecule has 0 atom stereocenters. The van der Waals surface area contributed by atoms with Crippen LogP contribution in [-0.4, -0.2) is 20.4 Å². The van der Waals surface area contributed by atoms with Crippen LogP contribution in [0.25, 0.3) is 73.8 Å². The minimum absolute atomic E-state index is 0.487. The second-order valence-corrected chi connectivity index (χ2v) is 10.8. The first-order valence-electron chi connectivity index (χ1n) is 14.5. The topological polar surface area (TPSA) is 77.8 Å². The third kappa shape index (κ3) is 4.63. The van der Waals surface area contributed by atoms with Gasteiger partial charge in [-0.2, -0.15) is 0 Å². The van der Waals surface area contributed by atoms with E-state index >= 15 is 0 Å². The van der Waals surface area contributed by atoms with Crippen molar-refractivity contribution in [3.63, 3.8) is 0 Å². The van der Waals surface area contributed by atoms with Crippen molar-refractivity contribution in [3.05, 3.63) is 138 Å². The fourth-order valence-electron chi connectivity index (χ4n) is 5.80. The maximum Gasteiger partial charge on any atom is 0.248 e. The number of rotatable bonds is 5. The van der Waals surface area contributed by atoms with Gasteiger partial charge in [0.05, 0.1) is 0 Å². The maximum atomic E-state index is 6.22. The van der Waals surface area contributed by atoms with Gasteiger partial charge in [0.1, 0.15) is 0 Å². The number of allylic oxidation sites excluding steroid dienone is 3. The fraction of sp³-hybridized carbons (Fsp3) is 0.0526. The highest BCUT2D eigenvalue weighted by Gasteiger charge is 2.18. The number of benzene rings is 5. The maximum absolute atomic E-state index is 6.22. The van der Waals surface area contributed by atoms with Crippen LogP contribution in [0.3, 0.4) is 0 Å². The number of hydrogen-bond donors (Lipinski definition) is 0. The molecular formula is C38H26N4O2. The molecule has 0 saturated heterocycles. The number of nitrogens with zero attached hydrogens (tertiary/aromatic N) is 4. The Morgan fingerprint density at radius 2 is 1.20 bits per heavy atom. The van der Waals surface area contributed by atoms with Crippen molar-refractivity contribution in [2.45, 2.75) is 13.3 Å². The van der Waals surface area contributed by atoms with E-state index in [0.29, 0.717) is 23.6 Å². The average Bonchev–Trinajstić information content (AvgIpc) is 3.70. The van der Waals surface area contributed by atoms with Gasteiger partial charge in [0.2, 0.25) is 23.6 Å². The molecule has 0 N–H and O–H groups in total. The summed E-state index contributed by atoms with van der Waals surface area (Å²) >= 11 is 0. The van der Waals surface area contributed by atoms with Gasteiger partial charge in [-0.3, -0.25) is 0 Å². The zero-order valence-electron chi connectivity index (χ0n) is 23.9. The Balaban J connectivity index is 1.04. The van der Waals surface area contributed by atoms with E-state index in [4.69, 9.17) is 8.83 Å². The van der Waals surface area contributed by atoms with Gasteiger partial charge in [0.15, 0.2) is 0 Å². The first kappa shape index (κ1) is 25.8. The van der Waals surface area contributed by atoms with E-state index in [1.807, 2.05) is 54.6 Å². The lowest BCUT2D eigenvalue weighted by molar-refractivity contribution is 0.583. The van der Waals surface area contributed by atoms with Crippen molar-refractivity contribution in [1.29, 1.82) is 0 Å². The largest absolute Gasteiger partial charge is 0.416 e. The van der Waals surface area contributed by atoms with E-state index in [9.17, 15) is 0 Å². The lowest BCUT2D eigenvalue weighted by atomic mass is 9.98. The summed E-state index contributed by atoms with van der Waals surface area (Å²) in [7, 11) is 0. The smallest absolute Gasteiger partial charge is 0.248 e. The van der Waals surface area contributed by atoms with Gasteiger partial charge >= 0.3 is 0 Å². The second kappa shape index (κ2) is 10.7. The molecule has 0 unspecified atom stereocenters. The Morgan fingerprint density at radius 3 is 2.07 bits per heavy atom. The molecule has 1 aliphatic rings. The molecule has 210 valence electrons. The summed E-state index contributed by atoms with van der Waals surface area (Å²) in [6.07, 6.45) is 9.20. The predicted octanol–water partition coefficient (Wildman–Crippen LogP) is 9.37. The standard InChI is InChI=1S/C38H26N4O2/c1-24-23-29(21-22-30(24)36-40-42-38(44-36)34-16-7-11-26-9-3-2-4-13-31(26)34)25-17-19-28(20-18-25)35-39-41-37(43-35)33-15-8-12-27-10-5-6-14-32(27)33/h2-12,14-23H,13H2,1H3. The van der Waals surface area contributed by atoms with Crippen LogP contribution in [0.4, 0.5) is 0 Å². The molecule has 0 saturated carbocycles. The molecule has 1 aliphatic carbocycles. The summed E-state index contributed by atoms with van der Waals surface area (Å²) in [4.78, 5) is 0. The van der Waals surface area contributed by atoms with E-state index < -0.39 is 0 Å². The molecule has 6 heteroatoms. The van der Waals surface area contributed by atoms with Crippen molar-refractivity contribution < 1.29 is 8.83 Å². The van der Waals surface area contributed by atoms with Crippen molar-refractivity contribution in [1.82, 2.24) is 20.4 Å². The fourth-order valence-corrected chi connectivity index (χ4v) is 5.80. The van der Waals surface area contributed by atoms with Gasteiger partial charge < -0.3 is 8.83 Å². The molecule has 7 aromatic rings. The first-order valence-corrected chi connectivity index (χ1v) is 14.5. The number of fused-ring (bicyclic) bond motifs is 2. The zero-order valence-corrected chi connectivity index (χ0v) is 23.9. The van der Waals surface area contributed by atoms with Crippen LogP contribution < -0.4 is 0 Å². The van der Waals surface area contributed by atoms with E-state index in [0.717, 1.165) is 56.1 Å². The lowest BCUT2D eigenvalue weighted by Crippen LogP contribution is -1.92. The SMILES string of the molecule is Cc1cc(-c2ccc(-c3nnc(-c4cccc5ccccc45)o3)cc2)ccc1-c1nnc(-c2cccc3c2CC=CC=C3)o1. The molecule has 6 nitrogen and oxygen atoms in total. The van der Waals surface area contributed by atoms with E-state index in [1.54, 1.807) is 0 Å². The van der Waals surface area contributed by atoms with Crippen molar-refractivity contribution in [3.8, 4) is 56.9 Å². The quantitative estimate of drug-likeness (QED) is 0.205. The average molecular weight is 571 g/mol. The summed E-state index contributed by atoms with van der Waals surface area (Å²) in [6.45, 7) is 2.06. The van der Waals surface area contributed by atoms with E-state index in [2.05, 4.69) is 100 Å². The van der Waals surface area contributed by atoms with Gasteiger partial charge in [-0.1, -0.05) is 97.1 Å². The molecule has 0 aliphatic heterocycles. The van der Waals surface area contributed by atoms with Crippen LogP contribution in [0.2, 0.25) is 0 Å². The molecule has 0 spiro atoms. The van der Waals surface area contributed by atoms with Gasteiger partial charge in [-0.15, -0.1) is 20.4 Å². The summed E-state index contributed by atoms with van der Waals surface area (Å²) in [6, 6.07) is 34.9. The Morgan fingerprint density at radius 1 is 0.545 bits per heavy atom. The van der Waals surface area contributed by atoms with Crippen LogP contribution in [0.15, 0.2) is 130 Å². The molecule has 0 amide bonds. The van der Waals surface area contributed by atoms with Crippen LogP contribution >= 0.6 is 0 Å². The molecule has 0 radical (unpaired) electrons. The summed E-state index contributed by atoms with van der Waals surface area (Å²) in [5, 5.41) is 19.7. The van der Waals surface area contributed by atoms with Crippen LogP contribution in [0.5, 0.6) is 0 Å². The second-order valence-electron chi connectivity index (χ2n) is 10.8. The Kier molecular flexibility index (Phi) is 6.30. The molecule has 2 aromatic heterocycles. The van der Waals surface area contributed by atoms with Gasteiger partial charge in [-0.05, 0) is 82.3 Å². The summed E-state index contributed by atoms with van der Waals surface area (Å²) < 4.78 is 12.3.